The van der Waals surface area contributed by atoms with Crippen molar-refractivity contribution < 1.29 is 9.53 Å². The molecule has 31 heavy (non-hydrogen) atoms. The molecule has 5 rings (SSSR count). The molecule has 5 nitrogen and oxygen atoms in total. The van der Waals surface area contributed by atoms with Gasteiger partial charge in [0.1, 0.15) is 5.75 Å². The lowest BCUT2D eigenvalue weighted by Crippen LogP contribution is -2.33. The SMILES string of the molecule is COc1ccc(-c2[nH]nc3c2C(c2ccc(C)cc2)C2=C(CC(C)(C)CC2=O)N3)cc1. The van der Waals surface area contributed by atoms with Crippen molar-refractivity contribution >= 4 is 11.6 Å². The number of ether oxygens (including phenoxy) is 1. The highest BCUT2D eigenvalue weighted by Crippen LogP contribution is 2.50. The van der Waals surface area contributed by atoms with E-state index in [1.54, 1.807) is 7.11 Å². The van der Waals surface area contributed by atoms with Gasteiger partial charge in [-0.05, 0) is 48.6 Å². The molecule has 0 radical (unpaired) electrons. The predicted octanol–water partition coefficient (Wildman–Crippen LogP) is 5.59. The summed E-state index contributed by atoms with van der Waals surface area (Å²) < 4.78 is 5.31. The number of nitrogens with one attached hydrogen (secondary N) is 2. The van der Waals surface area contributed by atoms with Gasteiger partial charge in [0.2, 0.25) is 0 Å². The first-order chi connectivity index (χ1) is 14.9. The zero-order valence-electron chi connectivity index (χ0n) is 18.4. The molecule has 3 aromatic rings. The van der Waals surface area contributed by atoms with Gasteiger partial charge in [-0.1, -0.05) is 43.7 Å². The number of hydrogen-bond acceptors (Lipinski definition) is 4. The molecule has 1 atom stereocenters. The summed E-state index contributed by atoms with van der Waals surface area (Å²) in [5, 5.41) is 11.4. The van der Waals surface area contributed by atoms with Crippen molar-refractivity contribution in [2.24, 2.45) is 5.41 Å². The van der Waals surface area contributed by atoms with E-state index in [0.717, 1.165) is 51.6 Å². The fraction of sp³-hybridized carbons (Fsp3) is 0.308. The van der Waals surface area contributed by atoms with Crippen molar-refractivity contribution in [2.75, 3.05) is 12.4 Å². The quantitative estimate of drug-likeness (QED) is 0.587. The van der Waals surface area contributed by atoms with Gasteiger partial charge in [0.25, 0.3) is 0 Å². The molecule has 0 fully saturated rings. The van der Waals surface area contributed by atoms with E-state index < -0.39 is 0 Å². The number of aromatic amines is 1. The number of rotatable bonds is 3. The van der Waals surface area contributed by atoms with Crippen LogP contribution in [-0.4, -0.2) is 23.1 Å². The highest BCUT2D eigenvalue weighted by Gasteiger charge is 2.42. The van der Waals surface area contributed by atoms with Gasteiger partial charge in [-0.15, -0.1) is 0 Å². The molecule has 2 aliphatic rings. The Morgan fingerprint density at radius 3 is 2.42 bits per heavy atom. The molecule has 0 bridgehead atoms. The van der Waals surface area contributed by atoms with Gasteiger partial charge in [0, 0.05) is 34.7 Å². The van der Waals surface area contributed by atoms with E-state index in [1.807, 2.05) is 24.3 Å². The van der Waals surface area contributed by atoms with Gasteiger partial charge in [-0.2, -0.15) is 5.10 Å². The molecule has 2 N–H and O–H groups in total. The van der Waals surface area contributed by atoms with Crippen LogP contribution in [0.5, 0.6) is 5.75 Å². The number of carbonyl (C=O) groups excluding carboxylic acids is 1. The third kappa shape index (κ3) is 3.34. The second-order valence-electron chi connectivity index (χ2n) is 9.39. The van der Waals surface area contributed by atoms with Crippen LogP contribution in [0.2, 0.25) is 0 Å². The summed E-state index contributed by atoms with van der Waals surface area (Å²) in [6.45, 7) is 6.39. The molecule has 1 aliphatic carbocycles. The van der Waals surface area contributed by atoms with Crippen molar-refractivity contribution in [1.29, 1.82) is 0 Å². The number of aromatic nitrogens is 2. The highest BCUT2D eigenvalue weighted by atomic mass is 16.5. The number of aryl methyl sites for hydroxylation is 1. The van der Waals surface area contributed by atoms with Crippen LogP contribution in [0.25, 0.3) is 11.3 Å². The number of allylic oxidation sites excluding steroid dienone is 2. The topological polar surface area (TPSA) is 67.0 Å². The van der Waals surface area contributed by atoms with E-state index in [-0.39, 0.29) is 17.1 Å². The molecule has 2 aromatic carbocycles. The molecule has 1 aromatic heterocycles. The smallest absolute Gasteiger partial charge is 0.162 e. The molecule has 1 unspecified atom stereocenters. The standard InChI is InChI=1S/C26H27N3O2/c1-15-5-7-16(8-6-15)21-22-19(13-26(2,3)14-20(22)30)27-25-23(21)24(28-29-25)17-9-11-18(31-4)12-10-17/h5-12,21H,13-14H2,1-4H3,(H2,27,28,29). The van der Waals surface area contributed by atoms with E-state index in [0.29, 0.717) is 6.42 Å². The molecule has 0 saturated carbocycles. The van der Waals surface area contributed by atoms with Crippen molar-refractivity contribution in [2.45, 2.75) is 39.5 Å². The Labute approximate surface area is 182 Å². The molecular formula is C26H27N3O2. The van der Waals surface area contributed by atoms with Crippen molar-refractivity contribution in [3.63, 3.8) is 0 Å². The fourth-order valence-corrected chi connectivity index (χ4v) is 4.87. The van der Waals surface area contributed by atoms with Crippen LogP contribution in [-0.2, 0) is 4.79 Å². The fourth-order valence-electron chi connectivity index (χ4n) is 4.87. The van der Waals surface area contributed by atoms with Gasteiger partial charge >= 0.3 is 0 Å². The Kier molecular flexibility index (Phi) is 4.50. The number of ketones is 1. The minimum Gasteiger partial charge on any atom is -0.497 e. The Hall–Kier alpha value is -3.34. The number of fused-ring (bicyclic) bond motifs is 1. The van der Waals surface area contributed by atoms with Gasteiger partial charge in [0.05, 0.1) is 12.8 Å². The summed E-state index contributed by atoms with van der Waals surface area (Å²) in [5.41, 5.74) is 7.12. The third-order valence-electron chi connectivity index (χ3n) is 6.36. The lowest BCUT2D eigenvalue weighted by molar-refractivity contribution is -0.118. The zero-order valence-corrected chi connectivity index (χ0v) is 18.4. The number of Topliss-reactive ketones (excluding diaryl/α,β-unsaturated/α-hetero) is 1. The maximum absolute atomic E-state index is 13.4. The van der Waals surface area contributed by atoms with E-state index in [1.165, 1.54) is 5.56 Å². The third-order valence-corrected chi connectivity index (χ3v) is 6.36. The first-order valence-corrected chi connectivity index (χ1v) is 10.7. The maximum Gasteiger partial charge on any atom is 0.162 e. The van der Waals surface area contributed by atoms with Gasteiger partial charge in [0.15, 0.2) is 11.6 Å². The Morgan fingerprint density at radius 1 is 1.03 bits per heavy atom. The van der Waals surface area contributed by atoms with Crippen LogP contribution in [0.1, 0.15) is 49.3 Å². The average molecular weight is 414 g/mol. The summed E-state index contributed by atoms with van der Waals surface area (Å²) in [7, 11) is 1.66. The Balaban J connectivity index is 1.70. The molecule has 0 spiro atoms. The minimum atomic E-state index is -0.147. The largest absolute Gasteiger partial charge is 0.497 e. The Bertz CT molecular complexity index is 1180. The van der Waals surface area contributed by atoms with Crippen molar-refractivity contribution in [3.8, 4) is 17.0 Å². The van der Waals surface area contributed by atoms with Crippen molar-refractivity contribution in [1.82, 2.24) is 10.2 Å². The number of H-pyrrole nitrogens is 1. The van der Waals surface area contributed by atoms with Crippen LogP contribution in [0, 0.1) is 12.3 Å². The predicted molar refractivity (Wildman–Crippen MR) is 122 cm³/mol. The normalized spacial score (nSPS) is 19.5. The van der Waals surface area contributed by atoms with Crippen molar-refractivity contribution in [3.05, 3.63) is 76.5 Å². The van der Waals surface area contributed by atoms with E-state index >= 15 is 0 Å². The number of methoxy groups -OCH3 is 1. The molecule has 0 amide bonds. The summed E-state index contributed by atoms with van der Waals surface area (Å²) >= 11 is 0. The number of nitrogens with zero attached hydrogens (tertiary/aromatic N) is 1. The second kappa shape index (κ2) is 7.12. The maximum atomic E-state index is 13.4. The monoisotopic (exact) mass is 413 g/mol. The van der Waals surface area contributed by atoms with E-state index in [2.05, 4.69) is 60.6 Å². The van der Waals surface area contributed by atoms with Gasteiger partial charge in [-0.25, -0.2) is 0 Å². The lowest BCUT2D eigenvalue weighted by atomic mass is 9.69. The zero-order chi connectivity index (χ0) is 21.8. The van der Waals surface area contributed by atoms with Crippen LogP contribution in [0.4, 0.5) is 5.82 Å². The van der Waals surface area contributed by atoms with Crippen LogP contribution < -0.4 is 10.1 Å². The first kappa shape index (κ1) is 19.6. The second-order valence-corrected chi connectivity index (χ2v) is 9.39. The lowest BCUT2D eigenvalue weighted by Gasteiger charge is -2.38. The number of hydrogen-bond donors (Lipinski definition) is 2. The minimum absolute atomic E-state index is 0.0621. The molecule has 0 saturated heterocycles. The molecular weight excluding hydrogens is 386 g/mol. The number of carbonyl (C=O) groups is 1. The van der Waals surface area contributed by atoms with E-state index in [4.69, 9.17) is 4.74 Å². The highest BCUT2D eigenvalue weighted by molar-refractivity contribution is 6.02. The Morgan fingerprint density at radius 2 is 1.74 bits per heavy atom. The molecule has 5 heteroatoms. The van der Waals surface area contributed by atoms with Gasteiger partial charge < -0.3 is 10.1 Å². The average Bonchev–Trinajstić information content (AvgIpc) is 3.15. The molecule has 2 heterocycles. The number of anilines is 1. The first-order valence-electron chi connectivity index (χ1n) is 10.7. The number of benzene rings is 2. The van der Waals surface area contributed by atoms with Crippen LogP contribution >= 0.6 is 0 Å². The molecule has 158 valence electrons. The van der Waals surface area contributed by atoms with Crippen LogP contribution in [0.15, 0.2) is 59.8 Å². The summed E-state index contributed by atoms with van der Waals surface area (Å²) in [5.74, 6) is 1.68. The summed E-state index contributed by atoms with van der Waals surface area (Å²) in [6, 6.07) is 16.4. The van der Waals surface area contributed by atoms with Gasteiger partial charge in [-0.3, -0.25) is 9.89 Å². The van der Waals surface area contributed by atoms with Crippen LogP contribution in [0.3, 0.4) is 0 Å². The summed E-state index contributed by atoms with van der Waals surface area (Å²) in [6.07, 6.45) is 1.39. The van der Waals surface area contributed by atoms with E-state index in [9.17, 15) is 4.79 Å². The molecule has 1 aliphatic heterocycles. The summed E-state index contributed by atoms with van der Waals surface area (Å²) in [4.78, 5) is 13.4.